The molecule has 1 rings (SSSR count). The average Bonchev–Trinajstić information content (AvgIpc) is 2.35. The summed E-state index contributed by atoms with van der Waals surface area (Å²) in [5, 5.41) is 12.5. The van der Waals surface area contributed by atoms with Gasteiger partial charge in [-0.2, -0.15) is 0 Å². The fourth-order valence-corrected chi connectivity index (χ4v) is 2.01. The number of halogens is 1. The molecule has 0 spiro atoms. The molecule has 1 atom stereocenters. The lowest BCUT2D eigenvalue weighted by molar-refractivity contribution is 0.0697. The van der Waals surface area contributed by atoms with Crippen molar-refractivity contribution in [2.75, 3.05) is 25.0 Å². The van der Waals surface area contributed by atoms with Crippen LogP contribution in [0.3, 0.4) is 0 Å². The molecule has 0 amide bonds. The van der Waals surface area contributed by atoms with Crippen LogP contribution in [-0.4, -0.2) is 46.6 Å². The number of carbonyl (C=O) groups is 1. The summed E-state index contributed by atoms with van der Waals surface area (Å²) in [6.07, 6.45) is 0. The predicted octanol–water partition coefficient (Wildman–Crippen LogP) is 2.58. The molecule has 19 heavy (non-hydrogen) atoms. The van der Waals surface area contributed by atoms with Crippen LogP contribution in [-0.2, 0) is 0 Å². The fraction of sp³-hybridized carbons (Fsp3) is 0.538. The Kier molecular flexibility index (Phi) is 6.05. The van der Waals surface area contributed by atoms with Gasteiger partial charge in [0, 0.05) is 12.6 Å². The second kappa shape index (κ2) is 7.31. The number of carboxylic acids is 1. The molecule has 0 aliphatic heterocycles. The smallest absolute Gasteiger partial charge is 0.339 e. The van der Waals surface area contributed by atoms with Gasteiger partial charge in [-0.1, -0.05) is 25.4 Å². The highest BCUT2D eigenvalue weighted by molar-refractivity contribution is 6.29. The number of hydrogen-bond donors (Lipinski definition) is 2. The Morgan fingerprint density at radius 2 is 2.11 bits per heavy atom. The zero-order valence-corrected chi connectivity index (χ0v) is 12.2. The molecule has 0 bridgehead atoms. The van der Waals surface area contributed by atoms with E-state index < -0.39 is 5.97 Å². The van der Waals surface area contributed by atoms with E-state index in [-0.39, 0.29) is 16.8 Å². The van der Waals surface area contributed by atoms with Crippen LogP contribution in [0.4, 0.5) is 5.82 Å². The van der Waals surface area contributed by atoms with Gasteiger partial charge in [-0.25, -0.2) is 9.78 Å². The Bertz CT molecular complexity index is 436. The molecule has 0 fully saturated rings. The number of nitrogens with one attached hydrogen (secondary N) is 1. The van der Waals surface area contributed by atoms with Crippen LogP contribution in [0.2, 0.25) is 5.15 Å². The van der Waals surface area contributed by atoms with Crippen molar-refractivity contribution in [2.24, 2.45) is 0 Å². The van der Waals surface area contributed by atoms with Crippen LogP contribution in [0.5, 0.6) is 0 Å². The summed E-state index contributed by atoms with van der Waals surface area (Å²) < 4.78 is 0. The molecule has 2 N–H and O–H groups in total. The van der Waals surface area contributed by atoms with Gasteiger partial charge < -0.3 is 15.3 Å². The number of likely N-dealkylation sites (N-methyl/N-ethyl adjacent to an activating group) is 1. The number of carboxylic acid groups (broad SMARTS) is 1. The maximum Gasteiger partial charge on any atom is 0.339 e. The average molecular weight is 286 g/mol. The van der Waals surface area contributed by atoms with Crippen molar-refractivity contribution in [2.45, 2.75) is 26.8 Å². The van der Waals surface area contributed by atoms with E-state index in [0.29, 0.717) is 5.82 Å². The standard InChI is InChI=1S/C13H20ClN3O2/c1-4-17(5-2)8-9(3)15-12-10(13(18)19)6-7-11(14)16-12/h6-7,9H,4-5,8H2,1-3H3,(H,15,16)(H,18,19). The third kappa shape index (κ3) is 4.69. The first-order valence-corrected chi connectivity index (χ1v) is 6.74. The summed E-state index contributed by atoms with van der Waals surface area (Å²) in [6, 6.07) is 3.03. The summed E-state index contributed by atoms with van der Waals surface area (Å²) in [5.74, 6) is -0.693. The van der Waals surface area contributed by atoms with Gasteiger partial charge in [0.25, 0.3) is 0 Å². The molecule has 106 valence electrons. The molecule has 1 unspecified atom stereocenters. The quantitative estimate of drug-likeness (QED) is 0.754. The molecule has 0 aliphatic carbocycles. The first-order valence-electron chi connectivity index (χ1n) is 6.36. The minimum atomic E-state index is -1.01. The van der Waals surface area contributed by atoms with Crippen molar-refractivity contribution in [3.8, 4) is 0 Å². The number of nitrogens with zero attached hydrogens (tertiary/aromatic N) is 2. The highest BCUT2D eigenvalue weighted by atomic mass is 35.5. The van der Waals surface area contributed by atoms with Crippen molar-refractivity contribution in [1.82, 2.24) is 9.88 Å². The van der Waals surface area contributed by atoms with Crippen LogP contribution in [0.25, 0.3) is 0 Å². The lowest BCUT2D eigenvalue weighted by Gasteiger charge is -2.24. The Labute approximate surface area is 118 Å². The van der Waals surface area contributed by atoms with Gasteiger partial charge in [0.15, 0.2) is 0 Å². The third-order valence-corrected chi connectivity index (χ3v) is 3.11. The number of aromatic carboxylic acids is 1. The van der Waals surface area contributed by atoms with Gasteiger partial charge in [0.2, 0.25) is 0 Å². The lowest BCUT2D eigenvalue weighted by atomic mass is 10.2. The largest absolute Gasteiger partial charge is 0.478 e. The maximum absolute atomic E-state index is 11.1. The molecule has 1 aromatic heterocycles. The first-order chi connectivity index (χ1) is 8.97. The minimum Gasteiger partial charge on any atom is -0.478 e. The number of rotatable bonds is 7. The first kappa shape index (κ1) is 15.7. The van der Waals surface area contributed by atoms with Gasteiger partial charge in [0.1, 0.15) is 16.5 Å². The van der Waals surface area contributed by atoms with Crippen molar-refractivity contribution in [3.63, 3.8) is 0 Å². The summed E-state index contributed by atoms with van der Waals surface area (Å²) in [5.41, 5.74) is 0.135. The van der Waals surface area contributed by atoms with Crippen molar-refractivity contribution < 1.29 is 9.90 Å². The molecule has 0 aromatic carbocycles. The highest BCUT2D eigenvalue weighted by Gasteiger charge is 2.15. The summed E-state index contributed by atoms with van der Waals surface area (Å²) in [6.45, 7) is 8.91. The molecule has 5 nitrogen and oxygen atoms in total. The molecule has 0 saturated heterocycles. The summed E-state index contributed by atoms with van der Waals surface area (Å²) >= 11 is 5.81. The zero-order chi connectivity index (χ0) is 14.4. The lowest BCUT2D eigenvalue weighted by Crippen LogP contribution is -2.35. The topological polar surface area (TPSA) is 65.5 Å². The monoisotopic (exact) mass is 285 g/mol. The van der Waals surface area contributed by atoms with Crippen molar-refractivity contribution >= 4 is 23.4 Å². The zero-order valence-electron chi connectivity index (χ0n) is 11.5. The fourth-order valence-electron chi connectivity index (χ4n) is 1.87. The molecule has 1 heterocycles. The van der Waals surface area contributed by atoms with E-state index in [2.05, 4.69) is 29.0 Å². The van der Waals surface area contributed by atoms with Gasteiger partial charge >= 0.3 is 5.97 Å². The van der Waals surface area contributed by atoms with E-state index in [4.69, 9.17) is 16.7 Å². The number of anilines is 1. The molecule has 6 heteroatoms. The normalized spacial score (nSPS) is 12.5. The second-order valence-corrected chi connectivity index (χ2v) is 4.75. The molecular formula is C13H20ClN3O2. The molecule has 1 aromatic rings. The van der Waals surface area contributed by atoms with E-state index in [1.807, 2.05) is 6.92 Å². The van der Waals surface area contributed by atoms with E-state index in [0.717, 1.165) is 19.6 Å². The Morgan fingerprint density at radius 1 is 1.47 bits per heavy atom. The van der Waals surface area contributed by atoms with E-state index >= 15 is 0 Å². The van der Waals surface area contributed by atoms with Crippen molar-refractivity contribution in [3.05, 3.63) is 22.8 Å². The maximum atomic E-state index is 11.1. The van der Waals surface area contributed by atoms with E-state index in [9.17, 15) is 4.79 Å². The predicted molar refractivity (Wildman–Crippen MR) is 77.1 cm³/mol. The van der Waals surface area contributed by atoms with Crippen LogP contribution in [0.15, 0.2) is 12.1 Å². The van der Waals surface area contributed by atoms with E-state index in [1.54, 1.807) is 0 Å². The summed E-state index contributed by atoms with van der Waals surface area (Å²) in [7, 11) is 0. The molecule has 0 saturated carbocycles. The van der Waals surface area contributed by atoms with Gasteiger partial charge in [0.05, 0.1) is 0 Å². The number of pyridine rings is 1. The van der Waals surface area contributed by atoms with Gasteiger partial charge in [-0.15, -0.1) is 0 Å². The number of hydrogen-bond acceptors (Lipinski definition) is 4. The van der Waals surface area contributed by atoms with Gasteiger partial charge in [-0.3, -0.25) is 0 Å². The molecular weight excluding hydrogens is 266 g/mol. The van der Waals surface area contributed by atoms with Crippen LogP contribution >= 0.6 is 11.6 Å². The van der Waals surface area contributed by atoms with E-state index in [1.165, 1.54) is 12.1 Å². The van der Waals surface area contributed by atoms with Crippen LogP contribution in [0.1, 0.15) is 31.1 Å². The Morgan fingerprint density at radius 3 is 2.63 bits per heavy atom. The van der Waals surface area contributed by atoms with Gasteiger partial charge in [-0.05, 0) is 32.1 Å². The molecule has 0 radical (unpaired) electrons. The second-order valence-electron chi connectivity index (χ2n) is 4.37. The Hall–Kier alpha value is -1.33. The number of aromatic nitrogens is 1. The SMILES string of the molecule is CCN(CC)CC(C)Nc1nc(Cl)ccc1C(=O)O. The Balaban J connectivity index is 2.80. The van der Waals surface area contributed by atoms with Crippen LogP contribution in [0, 0.1) is 0 Å². The van der Waals surface area contributed by atoms with Crippen LogP contribution < -0.4 is 5.32 Å². The van der Waals surface area contributed by atoms with Crippen molar-refractivity contribution in [1.29, 1.82) is 0 Å². The minimum absolute atomic E-state index is 0.0870. The third-order valence-electron chi connectivity index (χ3n) is 2.90. The highest BCUT2D eigenvalue weighted by Crippen LogP contribution is 2.17. The summed E-state index contributed by atoms with van der Waals surface area (Å²) in [4.78, 5) is 17.4. The molecule has 0 aliphatic rings.